The van der Waals surface area contributed by atoms with Gasteiger partial charge >= 0.3 is 12.3 Å². The fraction of sp³-hybridized carbons (Fsp3) is 0.250. The van der Waals surface area contributed by atoms with Gasteiger partial charge in [0, 0.05) is 0 Å². The van der Waals surface area contributed by atoms with Crippen LogP contribution in [0.3, 0.4) is 0 Å². The minimum atomic E-state index is -4.34. The Morgan fingerprint density at radius 1 is 1.28 bits per heavy atom. The maximum atomic E-state index is 12.3. The predicted molar refractivity (Wildman–Crippen MR) is 58.8 cm³/mol. The fourth-order valence-corrected chi connectivity index (χ4v) is 1.14. The van der Waals surface area contributed by atoms with Gasteiger partial charge in [-0.05, 0) is 23.8 Å². The molecule has 3 nitrogen and oxygen atoms in total. The largest absolute Gasteiger partial charge is 0.508 e. The monoisotopic (exact) mass is 260 g/mol. The van der Waals surface area contributed by atoms with Crippen LogP contribution < -0.4 is 0 Å². The molecule has 0 saturated carbocycles. The number of hydrogen-bond donors (Lipinski definition) is 0. The van der Waals surface area contributed by atoms with Crippen molar-refractivity contribution in [1.29, 1.82) is 0 Å². The molecule has 0 saturated heterocycles. The molecular formula is C12H11F3O3. The molecule has 0 aliphatic carbocycles. The highest BCUT2D eigenvalue weighted by Gasteiger charge is 2.29. The lowest BCUT2D eigenvalue weighted by Gasteiger charge is -2.05. The fourth-order valence-electron chi connectivity index (χ4n) is 1.14. The molecule has 0 N–H and O–H groups in total. The van der Waals surface area contributed by atoms with Crippen LogP contribution in [-0.2, 0) is 15.7 Å². The normalized spacial score (nSPS) is 11.6. The molecule has 1 aromatic rings. The minimum Gasteiger partial charge on any atom is -0.438 e. The summed E-state index contributed by atoms with van der Waals surface area (Å²) in [5.41, 5.74) is -0.123. The number of alkyl halides is 3. The first-order valence-corrected chi connectivity index (χ1v) is 4.98. The third-order valence-corrected chi connectivity index (χ3v) is 2.01. The standard InChI is InChI=1S/C12H11F3O3/c1-17-11(16)18-8-2-3-9-4-6-10(7-5-9)12(13,14)15/h2-7H,8H2,1H3. The second-order valence-corrected chi connectivity index (χ2v) is 3.29. The van der Waals surface area contributed by atoms with Gasteiger partial charge in [-0.25, -0.2) is 4.79 Å². The summed E-state index contributed by atoms with van der Waals surface area (Å²) in [4.78, 5) is 10.6. The van der Waals surface area contributed by atoms with Crippen molar-refractivity contribution in [2.45, 2.75) is 6.18 Å². The van der Waals surface area contributed by atoms with E-state index in [0.717, 1.165) is 12.1 Å². The van der Waals surface area contributed by atoms with Gasteiger partial charge in [-0.15, -0.1) is 0 Å². The molecule has 0 spiro atoms. The third-order valence-electron chi connectivity index (χ3n) is 2.01. The summed E-state index contributed by atoms with van der Waals surface area (Å²) in [5.74, 6) is 0. The number of benzene rings is 1. The van der Waals surface area contributed by atoms with E-state index < -0.39 is 17.9 Å². The zero-order chi connectivity index (χ0) is 13.6. The van der Waals surface area contributed by atoms with E-state index in [9.17, 15) is 18.0 Å². The highest BCUT2D eigenvalue weighted by atomic mass is 19.4. The average molecular weight is 260 g/mol. The molecule has 0 aliphatic heterocycles. The van der Waals surface area contributed by atoms with Crippen LogP contribution in [0.2, 0.25) is 0 Å². The molecule has 0 unspecified atom stereocenters. The van der Waals surface area contributed by atoms with Crippen molar-refractivity contribution in [3.63, 3.8) is 0 Å². The van der Waals surface area contributed by atoms with E-state index in [-0.39, 0.29) is 6.61 Å². The van der Waals surface area contributed by atoms with E-state index >= 15 is 0 Å². The second kappa shape index (κ2) is 6.09. The molecule has 6 heteroatoms. The van der Waals surface area contributed by atoms with Crippen molar-refractivity contribution in [1.82, 2.24) is 0 Å². The van der Waals surface area contributed by atoms with Gasteiger partial charge in [-0.1, -0.05) is 18.2 Å². The lowest BCUT2D eigenvalue weighted by molar-refractivity contribution is -0.137. The van der Waals surface area contributed by atoms with Crippen LogP contribution in [0.15, 0.2) is 30.3 Å². The summed E-state index contributed by atoms with van der Waals surface area (Å²) >= 11 is 0. The Bertz CT molecular complexity index is 421. The molecule has 0 bridgehead atoms. The summed E-state index contributed by atoms with van der Waals surface area (Å²) in [7, 11) is 1.18. The van der Waals surface area contributed by atoms with Crippen molar-refractivity contribution in [3.8, 4) is 0 Å². The van der Waals surface area contributed by atoms with Crippen LogP contribution in [-0.4, -0.2) is 19.9 Å². The van der Waals surface area contributed by atoms with Gasteiger partial charge in [-0.2, -0.15) is 13.2 Å². The lowest BCUT2D eigenvalue weighted by Crippen LogP contribution is -2.04. The van der Waals surface area contributed by atoms with Crippen molar-refractivity contribution in [2.24, 2.45) is 0 Å². The summed E-state index contributed by atoms with van der Waals surface area (Å²) in [6.45, 7) is -0.00625. The first-order chi connectivity index (χ1) is 8.43. The minimum absolute atomic E-state index is 0.00625. The number of methoxy groups -OCH3 is 1. The van der Waals surface area contributed by atoms with E-state index in [2.05, 4.69) is 9.47 Å². The van der Waals surface area contributed by atoms with E-state index in [0.29, 0.717) is 5.56 Å². The van der Waals surface area contributed by atoms with Gasteiger partial charge in [0.05, 0.1) is 12.7 Å². The van der Waals surface area contributed by atoms with E-state index in [1.807, 2.05) is 0 Å². The predicted octanol–water partition coefficient (Wildman–Crippen LogP) is 3.50. The lowest BCUT2D eigenvalue weighted by atomic mass is 10.1. The molecule has 98 valence electrons. The number of ether oxygens (including phenoxy) is 2. The molecule has 0 aliphatic rings. The Kier molecular flexibility index (Phi) is 4.76. The quantitative estimate of drug-likeness (QED) is 0.780. The van der Waals surface area contributed by atoms with Crippen molar-refractivity contribution in [3.05, 3.63) is 41.5 Å². The van der Waals surface area contributed by atoms with Crippen LogP contribution in [0, 0.1) is 0 Å². The molecule has 18 heavy (non-hydrogen) atoms. The number of rotatable bonds is 3. The Hall–Kier alpha value is -1.98. The van der Waals surface area contributed by atoms with Crippen molar-refractivity contribution < 1.29 is 27.4 Å². The molecule has 0 heterocycles. The average Bonchev–Trinajstić information content (AvgIpc) is 2.33. The van der Waals surface area contributed by atoms with Gasteiger partial charge < -0.3 is 9.47 Å². The maximum absolute atomic E-state index is 12.3. The molecular weight excluding hydrogens is 249 g/mol. The number of carbonyl (C=O) groups is 1. The Labute approximate surface area is 102 Å². The van der Waals surface area contributed by atoms with Crippen LogP contribution in [0.1, 0.15) is 11.1 Å². The molecule has 1 rings (SSSR count). The van der Waals surface area contributed by atoms with Gasteiger partial charge in [0.25, 0.3) is 0 Å². The summed E-state index contributed by atoms with van der Waals surface area (Å²) in [6.07, 6.45) is -2.11. The highest BCUT2D eigenvalue weighted by Crippen LogP contribution is 2.29. The Morgan fingerprint density at radius 2 is 1.89 bits per heavy atom. The Morgan fingerprint density at radius 3 is 2.39 bits per heavy atom. The van der Waals surface area contributed by atoms with Crippen LogP contribution >= 0.6 is 0 Å². The first-order valence-electron chi connectivity index (χ1n) is 4.98. The van der Waals surface area contributed by atoms with Gasteiger partial charge in [-0.3, -0.25) is 0 Å². The summed E-state index contributed by atoms with van der Waals surface area (Å²) in [6, 6.07) is 4.64. The van der Waals surface area contributed by atoms with Gasteiger partial charge in [0.15, 0.2) is 0 Å². The summed E-state index contributed by atoms with van der Waals surface area (Å²) < 4.78 is 45.6. The Balaban J connectivity index is 2.54. The highest BCUT2D eigenvalue weighted by molar-refractivity contribution is 5.60. The van der Waals surface area contributed by atoms with Crippen LogP contribution in [0.5, 0.6) is 0 Å². The van der Waals surface area contributed by atoms with E-state index in [4.69, 9.17) is 0 Å². The zero-order valence-corrected chi connectivity index (χ0v) is 9.53. The topological polar surface area (TPSA) is 35.5 Å². The molecule has 0 atom stereocenters. The molecule has 0 fully saturated rings. The molecule has 0 radical (unpaired) electrons. The first kappa shape index (κ1) is 14.1. The smallest absolute Gasteiger partial charge is 0.438 e. The van der Waals surface area contributed by atoms with Gasteiger partial charge in [0.1, 0.15) is 6.61 Å². The summed E-state index contributed by atoms with van der Waals surface area (Å²) in [5, 5.41) is 0. The zero-order valence-electron chi connectivity index (χ0n) is 9.53. The van der Waals surface area contributed by atoms with Crippen molar-refractivity contribution >= 4 is 12.2 Å². The number of halogens is 3. The molecule has 0 aromatic heterocycles. The molecule has 1 aromatic carbocycles. The van der Waals surface area contributed by atoms with E-state index in [1.165, 1.54) is 25.3 Å². The molecule has 0 amide bonds. The van der Waals surface area contributed by atoms with E-state index in [1.54, 1.807) is 6.08 Å². The maximum Gasteiger partial charge on any atom is 0.508 e. The second-order valence-electron chi connectivity index (χ2n) is 3.29. The van der Waals surface area contributed by atoms with Crippen LogP contribution in [0.25, 0.3) is 6.08 Å². The van der Waals surface area contributed by atoms with Crippen molar-refractivity contribution in [2.75, 3.05) is 13.7 Å². The van der Waals surface area contributed by atoms with Crippen LogP contribution in [0.4, 0.5) is 18.0 Å². The third kappa shape index (κ3) is 4.48. The number of carbonyl (C=O) groups excluding carboxylic acids is 1. The van der Waals surface area contributed by atoms with Gasteiger partial charge in [0.2, 0.25) is 0 Å². The number of hydrogen-bond acceptors (Lipinski definition) is 3. The SMILES string of the molecule is COC(=O)OCC=Cc1ccc(C(F)(F)F)cc1.